The molecule has 0 unspecified atom stereocenters. The fourth-order valence-electron chi connectivity index (χ4n) is 3.74. The highest BCUT2D eigenvalue weighted by molar-refractivity contribution is 5.39. The SMILES string of the molecule is CCCCN(CCCC)c1nc(C)nc(NCCNc2nc(C)nc(N(CCCC)CCCC)n2)n1. The van der Waals surface area contributed by atoms with Gasteiger partial charge in [-0.3, -0.25) is 0 Å². The third-order valence-electron chi connectivity index (χ3n) is 5.85. The largest absolute Gasteiger partial charge is 0.352 e. The minimum absolute atomic E-state index is 0.607. The molecule has 0 amide bonds. The zero-order valence-corrected chi connectivity index (χ0v) is 23.5. The molecule has 2 heterocycles. The fraction of sp³-hybridized carbons (Fsp3) is 0.769. The summed E-state index contributed by atoms with van der Waals surface area (Å²) < 4.78 is 0. The lowest BCUT2D eigenvalue weighted by atomic mass is 10.3. The van der Waals surface area contributed by atoms with Crippen molar-refractivity contribution < 1.29 is 0 Å². The molecule has 0 aromatic carbocycles. The highest BCUT2D eigenvalue weighted by atomic mass is 15.3. The van der Waals surface area contributed by atoms with E-state index in [4.69, 9.17) is 9.97 Å². The number of nitrogens with one attached hydrogen (secondary N) is 2. The van der Waals surface area contributed by atoms with E-state index in [-0.39, 0.29) is 0 Å². The van der Waals surface area contributed by atoms with E-state index in [9.17, 15) is 0 Å². The average molecular weight is 501 g/mol. The van der Waals surface area contributed by atoms with Gasteiger partial charge < -0.3 is 20.4 Å². The van der Waals surface area contributed by atoms with Crippen molar-refractivity contribution in [1.29, 1.82) is 0 Å². The second-order valence-electron chi connectivity index (χ2n) is 9.25. The Morgan fingerprint density at radius 3 is 1.14 bits per heavy atom. The molecular formula is C26H48N10. The smallest absolute Gasteiger partial charge is 0.230 e. The summed E-state index contributed by atoms with van der Waals surface area (Å²) in [5.74, 6) is 4.19. The minimum atomic E-state index is 0.607. The second kappa shape index (κ2) is 16.8. The molecule has 0 fully saturated rings. The molecular weight excluding hydrogens is 452 g/mol. The van der Waals surface area contributed by atoms with Gasteiger partial charge in [-0.25, -0.2) is 0 Å². The molecule has 0 spiro atoms. The van der Waals surface area contributed by atoms with Crippen LogP contribution in [0.3, 0.4) is 0 Å². The summed E-state index contributed by atoms with van der Waals surface area (Å²) in [6.45, 7) is 17.8. The molecule has 0 saturated heterocycles. The summed E-state index contributed by atoms with van der Waals surface area (Å²) >= 11 is 0. The Hall–Kier alpha value is -2.78. The highest BCUT2D eigenvalue weighted by Crippen LogP contribution is 2.14. The summed E-state index contributed by atoms with van der Waals surface area (Å²) in [5.41, 5.74) is 0. The number of unbranched alkanes of at least 4 members (excludes halogenated alkanes) is 4. The van der Waals surface area contributed by atoms with E-state index in [1.54, 1.807) is 0 Å². The topological polar surface area (TPSA) is 108 Å². The maximum absolute atomic E-state index is 4.71. The first-order chi connectivity index (χ1) is 17.5. The van der Waals surface area contributed by atoms with Gasteiger partial charge in [0.2, 0.25) is 23.8 Å². The average Bonchev–Trinajstić information content (AvgIpc) is 2.86. The van der Waals surface area contributed by atoms with Crippen LogP contribution in [0.15, 0.2) is 0 Å². The summed E-state index contributed by atoms with van der Waals surface area (Å²) in [5, 5.41) is 6.68. The van der Waals surface area contributed by atoms with Crippen molar-refractivity contribution in [3.8, 4) is 0 Å². The van der Waals surface area contributed by atoms with E-state index < -0.39 is 0 Å². The lowest BCUT2D eigenvalue weighted by molar-refractivity contribution is 0.659. The second-order valence-corrected chi connectivity index (χ2v) is 9.25. The molecule has 10 heteroatoms. The Morgan fingerprint density at radius 1 is 0.500 bits per heavy atom. The van der Waals surface area contributed by atoms with Crippen LogP contribution in [0.4, 0.5) is 23.8 Å². The van der Waals surface area contributed by atoms with Crippen LogP contribution >= 0.6 is 0 Å². The van der Waals surface area contributed by atoms with Crippen LogP contribution in [-0.2, 0) is 0 Å². The quantitative estimate of drug-likeness (QED) is 0.255. The van der Waals surface area contributed by atoms with Gasteiger partial charge in [0, 0.05) is 39.3 Å². The van der Waals surface area contributed by atoms with Gasteiger partial charge in [-0.05, 0) is 39.5 Å². The van der Waals surface area contributed by atoms with Crippen LogP contribution in [-0.4, -0.2) is 69.2 Å². The van der Waals surface area contributed by atoms with Crippen molar-refractivity contribution in [2.75, 3.05) is 59.7 Å². The monoisotopic (exact) mass is 500 g/mol. The van der Waals surface area contributed by atoms with Crippen LogP contribution in [0.25, 0.3) is 0 Å². The molecule has 2 aromatic rings. The zero-order chi connectivity index (χ0) is 26.2. The van der Waals surface area contributed by atoms with E-state index in [2.05, 4.69) is 68.1 Å². The maximum Gasteiger partial charge on any atom is 0.230 e. The first-order valence-corrected chi connectivity index (χ1v) is 13.9. The molecule has 10 nitrogen and oxygen atoms in total. The first-order valence-electron chi connectivity index (χ1n) is 13.9. The Kier molecular flexibility index (Phi) is 13.8. The Bertz CT molecular complexity index is 788. The predicted octanol–water partition coefficient (Wildman–Crippen LogP) is 5.01. The molecule has 0 aliphatic rings. The van der Waals surface area contributed by atoms with E-state index in [0.717, 1.165) is 101 Å². The minimum Gasteiger partial charge on any atom is -0.352 e. The number of aryl methyl sites for hydroxylation is 2. The standard InChI is InChI=1S/C26H48N10/c1-7-11-17-35(18-12-8-2)25-31-21(5)29-23(33-25)27-15-16-28-24-30-22(6)32-26(34-24)36(19-13-9-3)20-14-10-4/h7-20H2,1-6H3,(H,27,29,31,33)(H,28,30,32,34). The van der Waals surface area contributed by atoms with Crippen molar-refractivity contribution >= 4 is 23.8 Å². The lowest BCUT2D eigenvalue weighted by Crippen LogP contribution is -2.29. The molecule has 2 rings (SSSR count). The van der Waals surface area contributed by atoms with E-state index in [1.807, 2.05) is 13.8 Å². The Morgan fingerprint density at radius 2 is 0.833 bits per heavy atom. The van der Waals surface area contributed by atoms with Crippen LogP contribution < -0.4 is 20.4 Å². The van der Waals surface area contributed by atoms with Gasteiger partial charge in [0.25, 0.3) is 0 Å². The number of hydrogen-bond donors (Lipinski definition) is 2. The fourth-order valence-corrected chi connectivity index (χ4v) is 3.74. The third kappa shape index (κ3) is 10.5. The van der Waals surface area contributed by atoms with Crippen LogP contribution in [0.5, 0.6) is 0 Å². The van der Waals surface area contributed by atoms with Crippen LogP contribution in [0, 0.1) is 13.8 Å². The van der Waals surface area contributed by atoms with Crippen molar-refractivity contribution in [2.45, 2.75) is 92.9 Å². The molecule has 36 heavy (non-hydrogen) atoms. The molecule has 2 aromatic heterocycles. The Balaban J connectivity index is 1.99. The van der Waals surface area contributed by atoms with Crippen molar-refractivity contribution in [3.05, 3.63) is 11.6 Å². The van der Waals surface area contributed by atoms with E-state index in [1.165, 1.54) is 0 Å². The molecule has 2 N–H and O–H groups in total. The van der Waals surface area contributed by atoms with E-state index in [0.29, 0.717) is 25.0 Å². The van der Waals surface area contributed by atoms with Gasteiger partial charge in [-0.2, -0.15) is 29.9 Å². The van der Waals surface area contributed by atoms with Crippen molar-refractivity contribution in [3.63, 3.8) is 0 Å². The first kappa shape index (κ1) is 29.5. The predicted molar refractivity (Wildman–Crippen MR) is 150 cm³/mol. The zero-order valence-electron chi connectivity index (χ0n) is 23.5. The number of rotatable bonds is 19. The van der Waals surface area contributed by atoms with Gasteiger partial charge in [-0.15, -0.1) is 0 Å². The van der Waals surface area contributed by atoms with Gasteiger partial charge >= 0.3 is 0 Å². The number of nitrogens with zero attached hydrogens (tertiary/aromatic N) is 8. The molecule has 0 aliphatic heterocycles. The highest BCUT2D eigenvalue weighted by Gasteiger charge is 2.13. The molecule has 0 bridgehead atoms. The molecule has 0 radical (unpaired) electrons. The lowest BCUT2D eigenvalue weighted by Gasteiger charge is -2.23. The van der Waals surface area contributed by atoms with Crippen LogP contribution in [0.2, 0.25) is 0 Å². The molecule has 0 atom stereocenters. The van der Waals surface area contributed by atoms with Crippen LogP contribution in [0.1, 0.15) is 90.7 Å². The maximum atomic E-state index is 4.71. The normalized spacial score (nSPS) is 10.9. The third-order valence-corrected chi connectivity index (χ3v) is 5.85. The summed E-state index contributed by atoms with van der Waals surface area (Å²) in [6, 6.07) is 0. The summed E-state index contributed by atoms with van der Waals surface area (Å²) in [4.78, 5) is 32.2. The molecule has 202 valence electrons. The summed E-state index contributed by atoms with van der Waals surface area (Å²) in [7, 11) is 0. The summed E-state index contributed by atoms with van der Waals surface area (Å²) in [6.07, 6.45) is 9.11. The van der Waals surface area contributed by atoms with Crippen molar-refractivity contribution in [1.82, 2.24) is 29.9 Å². The van der Waals surface area contributed by atoms with Crippen molar-refractivity contribution in [2.24, 2.45) is 0 Å². The van der Waals surface area contributed by atoms with Gasteiger partial charge in [0.15, 0.2) is 0 Å². The van der Waals surface area contributed by atoms with Gasteiger partial charge in [-0.1, -0.05) is 53.4 Å². The Labute approximate surface area is 218 Å². The number of hydrogen-bond acceptors (Lipinski definition) is 10. The molecule has 0 saturated carbocycles. The number of aromatic nitrogens is 6. The van der Waals surface area contributed by atoms with E-state index >= 15 is 0 Å². The van der Waals surface area contributed by atoms with Gasteiger partial charge in [0.05, 0.1) is 0 Å². The number of anilines is 4. The van der Waals surface area contributed by atoms with Gasteiger partial charge in [0.1, 0.15) is 11.6 Å². The molecule has 0 aliphatic carbocycles.